The summed E-state index contributed by atoms with van der Waals surface area (Å²) in [5.41, 5.74) is 8.28. The molecule has 3 N–H and O–H groups in total. The van der Waals surface area contributed by atoms with E-state index in [1.165, 1.54) is 32.1 Å². The molecule has 3 heteroatoms. The Kier molecular flexibility index (Phi) is 3.76. The molecule has 0 spiro atoms. The Balaban J connectivity index is 2.04. The molecule has 1 aromatic carbocycles. The van der Waals surface area contributed by atoms with Gasteiger partial charge in [-0.3, -0.25) is 0 Å². The van der Waals surface area contributed by atoms with Gasteiger partial charge in [0.2, 0.25) is 0 Å². The summed E-state index contributed by atoms with van der Waals surface area (Å²) < 4.78 is 0. The zero-order chi connectivity index (χ0) is 13.0. The third-order valence-corrected chi connectivity index (χ3v) is 4.26. The molecule has 96 valence electrons. The number of nitrogen functional groups attached to an aromatic ring is 1. The fraction of sp³-hybridized carbons (Fsp3) is 0.533. The molecule has 2 rings (SSSR count). The summed E-state index contributed by atoms with van der Waals surface area (Å²) in [6.07, 6.45) is 6.55. The first-order valence-corrected chi connectivity index (χ1v) is 6.73. The van der Waals surface area contributed by atoms with Gasteiger partial charge >= 0.3 is 0 Å². The Bertz CT molecular complexity index is 453. The smallest absolute Gasteiger partial charge is 0.101 e. The van der Waals surface area contributed by atoms with Gasteiger partial charge in [0, 0.05) is 17.9 Å². The molecule has 3 nitrogen and oxygen atoms in total. The monoisotopic (exact) mass is 243 g/mol. The molecule has 1 fully saturated rings. The highest BCUT2D eigenvalue weighted by atomic mass is 14.9. The number of hydrogen-bond acceptors (Lipinski definition) is 3. The maximum absolute atomic E-state index is 8.96. The zero-order valence-corrected chi connectivity index (χ0v) is 11.0. The number of nitrogens with two attached hydrogens (primary N) is 1. The fourth-order valence-electron chi connectivity index (χ4n) is 2.83. The minimum Gasteiger partial charge on any atom is -0.398 e. The minimum atomic E-state index is 0.453. The van der Waals surface area contributed by atoms with Crippen LogP contribution in [-0.4, -0.2) is 6.54 Å². The summed E-state index contributed by atoms with van der Waals surface area (Å²) >= 11 is 0. The minimum absolute atomic E-state index is 0.453. The Morgan fingerprint density at radius 2 is 2.11 bits per heavy atom. The molecule has 0 bridgehead atoms. The van der Waals surface area contributed by atoms with E-state index in [0.29, 0.717) is 16.7 Å². The number of anilines is 2. The molecule has 1 saturated carbocycles. The number of rotatable bonds is 4. The first kappa shape index (κ1) is 12.8. The van der Waals surface area contributed by atoms with Crippen LogP contribution in [0.25, 0.3) is 0 Å². The van der Waals surface area contributed by atoms with Crippen molar-refractivity contribution in [1.29, 1.82) is 5.26 Å². The summed E-state index contributed by atoms with van der Waals surface area (Å²) in [6.45, 7) is 3.27. The quantitative estimate of drug-likeness (QED) is 0.795. The average Bonchev–Trinajstić information content (AvgIpc) is 2.87. The van der Waals surface area contributed by atoms with Crippen molar-refractivity contribution >= 4 is 11.4 Å². The molecular weight excluding hydrogens is 222 g/mol. The van der Waals surface area contributed by atoms with E-state index < -0.39 is 0 Å². The molecule has 0 aromatic heterocycles. The van der Waals surface area contributed by atoms with Gasteiger partial charge in [0.25, 0.3) is 0 Å². The molecule has 1 aliphatic carbocycles. The van der Waals surface area contributed by atoms with Crippen LogP contribution < -0.4 is 11.1 Å². The Morgan fingerprint density at radius 1 is 1.39 bits per heavy atom. The summed E-state index contributed by atoms with van der Waals surface area (Å²) in [7, 11) is 0. The van der Waals surface area contributed by atoms with Crippen molar-refractivity contribution in [2.45, 2.75) is 39.0 Å². The molecule has 0 heterocycles. The molecule has 0 saturated heterocycles. The van der Waals surface area contributed by atoms with Gasteiger partial charge in [-0.05, 0) is 42.9 Å². The van der Waals surface area contributed by atoms with Crippen molar-refractivity contribution < 1.29 is 0 Å². The van der Waals surface area contributed by atoms with Crippen molar-refractivity contribution in [2.75, 3.05) is 17.6 Å². The van der Waals surface area contributed by atoms with Crippen LogP contribution in [0, 0.1) is 16.7 Å². The third-order valence-electron chi connectivity index (χ3n) is 4.26. The van der Waals surface area contributed by atoms with E-state index in [9.17, 15) is 0 Å². The van der Waals surface area contributed by atoms with Gasteiger partial charge in [-0.1, -0.05) is 19.8 Å². The predicted octanol–water partition coefficient (Wildman–Crippen LogP) is 3.52. The molecule has 0 unspecified atom stereocenters. The number of benzene rings is 1. The first-order chi connectivity index (χ1) is 8.69. The number of nitrogens with zero attached hydrogens (tertiary/aromatic N) is 1. The largest absolute Gasteiger partial charge is 0.398 e. The van der Waals surface area contributed by atoms with Crippen LogP contribution in [0.2, 0.25) is 0 Å². The summed E-state index contributed by atoms with van der Waals surface area (Å²) in [4.78, 5) is 0. The van der Waals surface area contributed by atoms with E-state index in [1.54, 1.807) is 6.07 Å². The highest BCUT2D eigenvalue weighted by molar-refractivity contribution is 5.61. The van der Waals surface area contributed by atoms with Crippen molar-refractivity contribution in [3.8, 4) is 6.07 Å². The SMILES string of the molecule is CCC1(CNc2ccc(N)c(C#N)c2)CCCC1. The predicted molar refractivity (Wildman–Crippen MR) is 75.3 cm³/mol. The Labute approximate surface area is 109 Å². The van der Waals surface area contributed by atoms with Crippen LogP contribution in [0.15, 0.2) is 18.2 Å². The maximum Gasteiger partial charge on any atom is 0.101 e. The van der Waals surface area contributed by atoms with Gasteiger partial charge in [-0.2, -0.15) is 5.26 Å². The molecule has 0 aliphatic heterocycles. The average molecular weight is 243 g/mol. The summed E-state index contributed by atoms with van der Waals surface area (Å²) in [5, 5.41) is 12.4. The molecule has 0 amide bonds. The molecule has 0 atom stereocenters. The van der Waals surface area contributed by atoms with Crippen LogP contribution in [-0.2, 0) is 0 Å². The van der Waals surface area contributed by atoms with Crippen LogP contribution in [0.5, 0.6) is 0 Å². The zero-order valence-electron chi connectivity index (χ0n) is 11.0. The number of nitrogens with one attached hydrogen (secondary N) is 1. The van der Waals surface area contributed by atoms with Crippen molar-refractivity contribution in [3.05, 3.63) is 23.8 Å². The second kappa shape index (κ2) is 5.30. The van der Waals surface area contributed by atoms with E-state index in [2.05, 4.69) is 18.3 Å². The molecular formula is C15H21N3. The van der Waals surface area contributed by atoms with Gasteiger partial charge in [0.15, 0.2) is 0 Å². The lowest BCUT2D eigenvalue weighted by Crippen LogP contribution is -2.25. The lowest BCUT2D eigenvalue weighted by molar-refractivity contribution is 0.307. The van der Waals surface area contributed by atoms with Gasteiger partial charge in [0.05, 0.1) is 5.56 Å². The number of nitriles is 1. The van der Waals surface area contributed by atoms with Crippen LogP contribution in [0.1, 0.15) is 44.6 Å². The normalized spacial score (nSPS) is 17.3. The van der Waals surface area contributed by atoms with E-state index >= 15 is 0 Å². The van der Waals surface area contributed by atoms with Crippen LogP contribution >= 0.6 is 0 Å². The fourth-order valence-corrected chi connectivity index (χ4v) is 2.83. The van der Waals surface area contributed by atoms with Crippen molar-refractivity contribution in [3.63, 3.8) is 0 Å². The van der Waals surface area contributed by atoms with Gasteiger partial charge in [-0.25, -0.2) is 0 Å². The van der Waals surface area contributed by atoms with Crippen LogP contribution in [0.3, 0.4) is 0 Å². The molecule has 18 heavy (non-hydrogen) atoms. The Hall–Kier alpha value is -1.69. The van der Waals surface area contributed by atoms with Gasteiger partial charge < -0.3 is 11.1 Å². The second-order valence-electron chi connectivity index (χ2n) is 5.33. The lowest BCUT2D eigenvalue weighted by atomic mass is 9.83. The molecule has 0 radical (unpaired) electrons. The van der Waals surface area contributed by atoms with E-state index in [1.807, 2.05) is 12.1 Å². The van der Waals surface area contributed by atoms with Crippen molar-refractivity contribution in [2.24, 2.45) is 5.41 Å². The van der Waals surface area contributed by atoms with E-state index in [-0.39, 0.29) is 0 Å². The standard InChI is InChI=1S/C15H21N3/c1-2-15(7-3-4-8-15)11-18-13-5-6-14(17)12(9-13)10-16/h5-6,9,18H,2-4,7-8,11,17H2,1H3. The van der Waals surface area contributed by atoms with Gasteiger partial charge in [-0.15, -0.1) is 0 Å². The van der Waals surface area contributed by atoms with Crippen molar-refractivity contribution in [1.82, 2.24) is 0 Å². The highest BCUT2D eigenvalue weighted by Crippen LogP contribution is 2.40. The highest BCUT2D eigenvalue weighted by Gasteiger charge is 2.31. The third kappa shape index (κ3) is 2.59. The Morgan fingerprint density at radius 3 is 2.72 bits per heavy atom. The van der Waals surface area contributed by atoms with Crippen LogP contribution in [0.4, 0.5) is 11.4 Å². The second-order valence-corrected chi connectivity index (χ2v) is 5.33. The maximum atomic E-state index is 8.96. The number of hydrogen-bond donors (Lipinski definition) is 2. The summed E-state index contributed by atoms with van der Waals surface area (Å²) in [6, 6.07) is 7.72. The summed E-state index contributed by atoms with van der Waals surface area (Å²) in [5.74, 6) is 0. The van der Waals surface area contributed by atoms with Gasteiger partial charge in [0.1, 0.15) is 6.07 Å². The first-order valence-electron chi connectivity index (χ1n) is 6.73. The topological polar surface area (TPSA) is 61.8 Å². The lowest BCUT2D eigenvalue weighted by Gasteiger charge is -2.28. The van der Waals surface area contributed by atoms with E-state index in [4.69, 9.17) is 11.0 Å². The van der Waals surface area contributed by atoms with E-state index in [0.717, 1.165) is 12.2 Å². The molecule has 1 aromatic rings. The molecule has 1 aliphatic rings.